The molecule has 0 aliphatic carbocycles. The Labute approximate surface area is 149 Å². The van der Waals surface area contributed by atoms with E-state index in [1.807, 2.05) is 17.0 Å². The van der Waals surface area contributed by atoms with Gasteiger partial charge in [-0.25, -0.2) is 19.9 Å². The van der Waals surface area contributed by atoms with Crippen LogP contribution in [0.2, 0.25) is 0 Å². The van der Waals surface area contributed by atoms with Gasteiger partial charge in [-0.15, -0.1) is 0 Å². The molecule has 1 amide bonds. The van der Waals surface area contributed by atoms with Crippen LogP contribution in [0.4, 0.5) is 5.82 Å². The van der Waals surface area contributed by atoms with Crippen LogP contribution >= 0.6 is 0 Å². The summed E-state index contributed by atoms with van der Waals surface area (Å²) < 4.78 is 1.76. The van der Waals surface area contributed by atoms with E-state index in [2.05, 4.69) is 24.8 Å². The summed E-state index contributed by atoms with van der Waals surface area (Å²) in [5.41, 5.74) is 1.62. The number of hydrogen-bond acceptors (Lipinski definition) is 7. The highest BCUT2D eigenvalue weighted by atomic mass is 16.2. The molecule has 1 aliphatic heterocycles. The number of carbonyl (C=O) groups excluding carboxylic acids is 1. The molecule has 0 spiro atoms. The van der Waals surface area contributed by atoms with Crippen LogP contribution in [0.3, 0.4) is 0 Å². The summed E-state index contributed by atoms with van der Waals surface area (Å²) in [6, 6.07) is 3.88. The summed E-state index contributed by atoms with van der Waals surface area (Å²) in [4.78, 5) is 32.8. The lowest BCUT2D eigenvalue weighted by Gasteiger charge is -2.34. The molecule has 0 bridgehead atoms. The number of nitriles is 1. The number of hydrogen-bond donors (Lipinski definition) is 0. The Bertz CT molecular complexity index is 1010. The van der Waals surface area contributed by atoms with Gasteiger partial charge in [-0.2, -0.15) is 5.26 Å². The molecule has 130 valence electrons. The fourth-order valence-corrected chi connectivity index (χ4v) is 3.01. The molecule has 0 N–H and O–H groups in total. The van der Waals surface area contributed by atoms with Crippen LogP contribution in [0, 0.1) is 11.3 Å². The van der Waals surface area contributed by atoms with Gasteiger partial charge < -0.3 is 9.80 Å². The van der Waals surface area contributed by atoms with E-state index in [0.29, 0.717) is 35.9 Å². The Morgan fingerprint density at radius 1 is 1.15 bits per heavy atom. The van der Waals surface area contributed by atoms with E-state index in [4.69, 9.17) is 5.26 Å². The highest BCUT2D eigenvalue weighted by Crippen LogP contribution is 2.20. The summed E-state index contributed by atoms with van der Waals surface area (Å²) >= 11 is 0. The first-order valence-electron chi connectivity index (χ1n) is 8.23. The first-order chi connectivity index (χ1) is 12.7. The Morgan fingerprint density at radius 3 is 2.69 bits per heavy atom. The minimum Gasteiger partial charge on any atom is -0.353 e. The summed E-state index contributed by atoms with van der Waals surface area (Å²) in [6.45, 7) is 4.41. The molecule has 0 saturated carbocycles. The van der Waals surface area contributed by atoms with Crippen molar-refractivity contribution in [1.29, 1.82) is 5.26 Å². The highest BCUT2D eigenvalue weighted by Gasteiger charge is 2.20. The van der Waals surface area contributed by atoms with E-state index in [1.54, 1.807) is 36.1 Å². The number of aromatic nitrogens is 5. The van der Waals surface area contributed by atoms with Crippen LogP contribution < -0.4 is 4.90 Å². The lowest BCUT2D eigenvalue weighted by molar-refractivity contribution is -0.129. The number of imidazole rings is 1. The summed E-state index contributed by atoms with van der Waals surface area (Å²) in [5.74, 6) is 1.43. The van der Waals surface area contributed by atoms with Gasteiger partial charge in [0, 0.05) is 45.5 Å². The predicted molar refractivity (Wildman–Crippen MR) is 93.2 cm³/mol. The normalized spacial score (nSPS) is 14.5. The number of piperazine rings is 1. The van der Waals surface area contributed by atoms with Crippen molar-refractivity contribution in [2.24, 2.45) is 0 Å². The average molecular weight is 348 g/mol. The van der Waals surface area contributed by atoms with Gasteiger partial charge in [-0.3, -0.25) is 9.20 Å². The molecule has 1 saturated heterocycles. The second-order valence-electron chi connectivity index (χ2n) is 5.99. The maximum Gasteiger partial charge on any atom is 0.219 e. The third-order valence-electron chi connectivity index (χ3n) is 4.43. The fraction of sp³-hybridized carbons (Fsp3) is 0.294. The van der Waals surface area contributed by atoms with Crippen LogP contribution in [0.25, 0.3) is 17.2 Å². The molecule has 9 nitrogen and oxygen atoms in total. The average Bonchev–Trinajstić information content (AvgIpc) is 3.11. The number of anilines is 1. The minimum atomic E-state index is 0.0978. The van der Waals surface area contributed by atoms with Crippen molar-refractivity contribution < 1.29 is 4.79 Å². The topological polar surface area (TPSA) is 103 Å². The molecule has 3 aromatic rings. The quantitative estimate of drug-likeness (QED) is 0.672. The van der Waals surface area contributed by atoms with E-state index in [9.17, 15) is 4.79 Å². The van der Waals surface area contributed by atoms with Gasteiger partial charge in [0.2, 0.25) is 5.91 Å². The van der Waals surface area contributed by atoms with E-state index < -0.39 is 0 Å². The van der Waals surface area contributed by atoms with Crippen LogP contribution in [0.15, 0.2) is 30.9 Å². The van der Waals surface area contributed by atoms with Crippen molar-refractivity contribution in [1.82, 2.24) is 29.2 Å². The van der Waals surface area contributed by atoms with Crippen molar-refractivity contribution in [2.75, 3.05) is 31.1 Å². The molecular weight excluding hydrogens is 332 g/mol. The maximum absolute atomic E-state index is 11.5. The zero-order valence-corrected chi connectivity index (χ0v) is 14.2. The summed E-state index contributed by atoms with van der Waals surface area (Å²) in [5, 5.41) is 9.06. The van der Waals surface area contributed by atoms with Gasteiger partial charge in [0.05, 0.1) is 12.4 Å². The standard InChI is InChI=1S/C17H16N8O/c1-12(26)23-4-6-24(7-5-23)15-2-3-19-17(22-15)14-9-21-16-10-20-13(8-18)11-25(14)16/h2-3,9-11H,4-7H2,1H3. The van der Waals surface area contributed by atoms with E-state index in [1.165, 1.54) is 0 Å². The van der Waals surface area contributed by atoms with Gasteiger partial charge >= 0.3 is 0 Å². The molecule has 1 fully saturated rings. The molecule has 4 rings (SSSR count). The van der Waals surface area contributed by atoms with Gasteiger partial charge in [0.15, 0.2) is 17.2 Å². The van der Waals surface area contributed by atoms with E-state index >= 15 is 0 Å². The Balaban J connectivity index is 1.65. The SMILES string of the molecule is CC(=O)N1CCN(c2ccnc(-c3cnc4cnc(C#N)cn34)n2)CC1. The lowest BCUT2D eigenvalue weighted by Crippen LogP contribution is -2.48. The van der Waals surface area contributed by atoms with Crippen LogP contribution in [0.5, 0.6) is 0 Å². The van der Waals surface area contributed by atoms with Crippen molar-refractivity contribution in [2.45, 2.75) is 6.92 Å². The lowest BCUT2D eigenvalue weighted by atomic mass is 10.3. The van der Waals surface area contributed by atoms with E-state index in [-0.39, 0.29) is 5.91 Å². The van der Waals surface area contributed by atoms with E-state index in [0.717, 1.165) is 18.9 Å². The molecular formula is C17H16N8O. The first-order valence-corrected chi connectivity index (χ1v) is 8.23. The molecule has 26 heavy (non-hydrogen) atoms. The third-order valence-corrected chi connectivity index (χ3v) is 4.43. The smallest absolute Gasteiger partial charge is 0.219 e. The van der Waals surface area contributed by atoms with Crippen LogP contribution in [-0.2, 0) is 4.79 Å². The fourth-order valence-electron chi connectivity index (χ4n) is 3.01. The first kappa shape index (κ1) is 16.0. The Hall–Kier alpha value is -3.54. The number of rotatable bonds is 2. The van der Waals surface area contributed by atoms with Crippen LogP contribution in [-0.4, -0.2) is 61.3 Å². The zero-order chi connectivity index (χ0) is 18.1. The molecule has 3 aromatic heterocycles. The minimum absolute atomic E-state index is 0.0978. The number of nitrogens with zero attached hydrogens (tertiary/aromatic N) is 8. The summed E-state index contributed by atoms with van der Waals surface area (Å²) in [6.07, 6.45) is 6.55. The molecule has 0 atom stereocenters. The summed E-state index contributed by atoms with van der Waals surface area (Å²) in [7, 11) is 0. The highest BCUT2D eigenvalue weighted by molar-refractivity contribution is 5.73. The zero-order valence-electron chi connectivity index (χ0n) is 14.2. The second-order valence-corrected chi connectivity index (χ2v) is 5.99. The molecule has 0 aromatic carbocycles. The number of fused-ring (bicyclic) bond motifs is 1. The van der Waals surface area contributed by atoms with Crippen molar-refractivity contribution >= 4 is 17.4 Å². The maximum atomic E-state index is 11.5. The molecule has 0 radical (unpaired) electrons. The van der Waals surface area contributed by atoms with Gasteiger partial charge in [0.1, 0.15) is 17.6 Å². The monoisotopic (exact) mass is 348 g/mol. The van der Waals surface area contributed by atoms with Crippen molar-refractivity contribution in [3.05, 3.63) is 36.5 Å². The largest absolute Gasteiger partial charge is 0.353 e. The predicted octanol–water partition coefficient (Wildman–Crippen LogP) is 0.726. The van der Waals surface area contributed by atoms with Crippen molar-refractivity contribution in [3.63, 3.8) is 0 Å². The van der Waals surface area contributed by atoms with Gasteiger partial charge in [-0.1, -0.05) is 0 Å². The molecule has 1 aliphatic rings. The van der Waals surface area contributed by atoms with Gasteiger partial charge in [-0.05, 0) is 6.07 Å². The second kappa shape index (κ2) is 6.40. The molecule has 4 heterocycles. The Kier molecular flexibility index (Phi) is 3.93. The Morgan fingerprint density at radius 2 is 1.96 bits per heavy atom. The molecule has 0 unspecified atom stereocenters. The number of carbonyl (C=O) groups is 1. The van der Waals surface area contributed by atoms with Crippen molar-refractivity contribution in [3.8, 4) is 17.6 Å². The third kappa shape index (κ3) is 2.82. The van der Waals surface area contributed by atoms with Crippen LogP contribution in [0.1, 0.15) is 12.6 Å². The number of amides is 1. The van der Waals surface area contributed by atoms with Gasteiger partial charge in [0.25, 0.3) is 0 Å². The molecule has 9 heteroatoms.